The summed E-state index contributed by atoms with van der Waals surface area (Å²) in [6, 6.07) is 11.2. The molecular formula is C21H26N4O4S. The van der Waals surface area contributed by atoms with Gasteiger partial charge in [-0.2, -0.15) is 5.10 Å². The molecule has 1 aliphatic heterocycles. The average Bonchev–Trinajstić information content (AvgIpc) is 3.40. The highest BCUT2D eigenvalue weighted by Gasteiger charge is 2.15. The van der Waals surface area contributed by atoms with E-state index in [2.05, 4.69) is 15.1 Å². The number of aromatic nitrogens is 3. The molecule has 0 radical (unpaired) electrons. The molecule has 1 aliphatic rings. The number of benzene rings is 1. The summed E-state index contributed by atoms with van der Waals surface area (Å²) in [5, 5.41) is 7.25. The Balaban J connectivity index is 1.36. The molecule has 0 amide bonds. The fraction of sp³-hybridized carbons (Fsp3) is 0.429. The van der Waals surface area contributed by atoms with Crippen molar-refractivity contribution < 1.29 is 18.6 Å². The maximum Gasteiger partial charge on any atom is 0.198 e. The number of hydrogen-bond donors (Lipinski definition) is 1. The standard InChI is InChI=1S/C21H26N4O4S/c1-26-16-3-5-17(6-4-16)28-15-18-7-8-19(29-18)20-22-23-21(30)25(20)10-2-9-24-11-13-27-14-12-24/h3-8H,2,9-15H2,1H3,(H,23,30). The van der Waals surface area contributed by atoms with Crippen LogP contribution in [0.4, 0.5) is 0 Å². The van der Waals surface area contributed by atoms with Gasteiger partial charge in [-0.05, 0) is 55.0 Å². The molecule has 0 saturated carbocycles. The first-order valence-electron chi connectivity index (χ1n) is 10.0. The van der Waals surface area contributed by atoms with Crippen LogP contribution in [-0.4, -0.2) is 59.6 Å². The van der Waals surface area contributed by atoms with Gasteiger partial charge in [0.15, 0.2) is 16.4 Å². The Hall–Kier alpha value is -2.62. The number of morpholine rings is 1. The summed E-state index contributed by atoms with van der Waals surface area (Å²) in [7, 11) is 1.64. The number of aromatic amines is 1. The highest BCUT2D eigenvalue weighted by Crippen LogP contribution is 2.23. The Labute approximate surface area is 180 Å². The Morgan fingerprint density at radius 3 is 2.60 bits per heavy atom. The second kappa shape index (κ2) is 9.92. The quantitative estimate of drug-likeness (QED) is 0.521. The fourth-order valence-corrected chi connectivity index (χ4v) is 3.62. The van der Waals surface area contributed by atoms with Crippen LogP contribution < -0.4 is 9.47 Å². The van der Waals surface area contributed by atoms with E-state index in [1.54, 1.807) is 7.11 Å². The Morgan fingerprint density at radius 2 is 1.83 bits per heavy atom. The molecule has 160 valence electrons. The van der Waals surface area contributed by atoms with Gasteiger partial charge in [-0.25, -0.2) is 0 Å². The molecule has 1 saturated heterocycles. The first-order valence-corrected chi connectivity index (χ1v) is 10.4. The Bertz CT molecular complexity index is 989. The molecule has 1 N–H and O–H groups in total. The van der Waals surface area contributed by atoms with E-state index < -0.39 is 0 Å². The van der Waals surface area contributed by atoms with Crippen molar-refractivity contribution in [2.45, 2.75) is 19.6 Å². The lowest BCUT2D eigenvalue weighted by Gasteiger charge is -2.26. The zero-order chi connectivity index (χ0) is 20.8. The number of furan rings is 1. The zero-order valence-electron chi connectivity index (χ0n) is 17.0. The molecule has 4 rings (SSSR count). The molecule has 0 bridgehead atoms. The van der Waals surface area contributed by atoms with Gasteiger partial charge in [0.2, 0.25) is 0 Å². The molecule has 1 aromatic carbocycles. The lowest BCUT2D eigenvalue weighted by molar-refractivity contribution is 0.0369. The number of H-pyrrole nitrogens is 1. The lowest BCUT2D eigenvalue weighted by Crippen LogP contribution is -2.37. The molecule has 2 aromatic heterocycles. The van der Waals surface area contributed by atoms with Crippen LogP contribution in [0.25, 0.3) is 11.6 Å². The summed E-state index contributed by atoms with van der Waals surface area (Å²) >= 11 is 5.42. The maximum absolute atomic E-state index is 5.96. The second-order valence-electron chi connectivity index (χ2n) is 7.04. The van der Waals surface area contributed by atoms with E-state index in [0.717, 1.165) is 63.1 Å². The normalized spacial score (nSPS) is 14.7. The van der Waals surface area contributed by atoms with Gasteiger partial charge < -0.3 is 18.6 Å². The van der Waals surface area contributed by atoms with Crippen molar-refractivity contribution in [3.05, 3.63) is 46.9 Å². The third-order valence-corrected chi connectivity index (χ3v) is 5.35. The van der Waals surface area contributed by atoms with Crippen LogP contribution in [0.3, 0.4) is 0 Å². The van der Waals surface area contributed by atoms with E-state index in [1.165, 1.54) is 0 Å². The van der Waals surface area contributed by atoms with E-state index in [1.807, 2.05) is 41.0 Å². The number of ether oxygens (including phenoxy) is 3. The first-order chi connectivity index (χ1) is 14.7. The van der Waals surface area contributed by atoms with Crippen LogP contribution in [0.15, 0.2) is 40.8 Å². The van der Waals surface area contributed by atoms with Crippen molar-refractivity contribution in [3.8, 4) is 23.1 Å². The van der Waals surface area contributed by atoms with Crippen LogP contribution in [0.1, 0.15) is 12.2 Å². The van der Waals surface area contributed by atoms with E-state index in [9.17, 15) is 0 Å². The minimum Gasteiger partial charge on any atom is -0.497 e. The second-order valence-corrected chi connectivity index (χ2v) is 7.43. The van der Waals surface area contributed by atoms with Gasteiger partial charge in [0.1, 0.15) is 23.9 Å². The van der Waals surface area contributed by atoms with Gasteiger partial charge in [0.05, 0.1) is 20.3 Å². The molecule has 0 unspecified atom stereocenters. The molecule has 8 nitrogen and oxygen atoms in total. The predicted octanol–water partition coefficient (Wildman–Crippen LogP) is 3.51. The number of nitrogens with one attached hydrogen (secondary N) is 1. The number of hydrogen-bond acceptors (Lipinski definition) is 7. The molecule has 30 heavy (non-hydrogen) atoms. The summed E-state index contributed by atoms with van der Waals surface area (Å²) in [6.45, 7) is 5.71. The molecular weight excluding hydrogens is 404 g/mol. The Kier molecular flexibility index (Phi) is 6.83. The summed E-state index contributed by atoms with van der Waals surface area (Å²) in [6.07, 6.45) is 0.981. The lowest BCUT2D eigenvalue weighted by atomic mass is 10.3. The van der Waals surface area contributed by atoms with Crippen molar-refractivity contribution in [3.63, 3.8) is 0 Å². The molecule has 0 aliphatic carbocycles. The number of nitrogens with zero attached hydrogens (tertiary/aromatic N) is 3. The fourth-order valence-electron chi connectivity index (χ4n) is 3.39. The molecule has 0 spiro atoms. The summed E-state index contributed by atoms with van der Waals surface area (Å²) in [5.74, 6) is 3.63. The maximum atomic E-state index is 5.96. The molecule has 9 heteroatoms. The van der Waals surface area contributed by atoms with Crippen molar-refractivity contribution in [2.24, 2.45) is 0 Å². The highest BCUT2D eigenvalue weighted by molar-refractivity contribution is 7.71. The third kappa shape index (κ3) is 5.10. The number of methoxy groups -OCH3 is 1. The molecule has 1 fully saturated rings. The van der Waals surface area contributed by atoms with Crippen LogP contribution in [-0.2, 0) is 17.9 Å². The zero-order valence-corrected chi connectivity index (χ0v) is 17.8. The van der Waals surface area contributed by atoms with Gasteiger partial charge >= 0.3 is 0 Å². The van der Waals surface area contributed by atoms with Crippen LogP contribution in [0, 0.1) is 4.77 Å². The van der Waals surface area contributed by atoms with Crippen molar-refractivity contribution >= 4 is 12.2 Å². The first kappa shape index (κ1) is 20.6. The monoisotopic (exact) mass is 430 g/mol. The highest BCUT2D eigenvalue weighted by atomic mass is 32.1. The third-order valence-electron chi connectivity index (χ3n) is 5.04. The van der Waals surface area contributed by atoms with Gasteiger partial charge in [0.25, 0.3) is 0 Å². The van der Waals surface area contributed by atoms with Gasteiger partial charge in [-0.3, -0.25) is 14.6 Å². The predicted molar refractivity (Wildman–Crippen MR) is 114 cm³/mol. The van der Waals surface area contributed by atoms with E-state index >= 15 is 0 Å². The molecule has 3 aromatic rings. The smallest absolute Gasteiger partial charge is 0.198 e. The number of rotatable bonds is 9. The van der Waals surface area contributed by atoms with E-state index in [4.69, 9.17) is 30.8 Å². The SMILES string of the molecule is COc1ccc(OCc2ccc(-c3n[nH]c(=S)n3CCCN3CCOCC3)o2)cc1. The minimum absolute atomic E-state index is 0.328. The average molecular weight is 431 g/mol. The van der Waals surface area contributed by atoms with Crippen molar-refractivity contribution in [1.82, 2.24) is 19.7 Å². The van der Waals surface area contributed by atoms with Gasteiger partial charge in [0, 0.05) is 26.2 Å². The largest absolute Gasteiger partial charge is 0.497 e. The van der Waals surface area contributed by atoms with Crippen LogP contribution in [0.2, 0.25) is 0 Å². The minimum atomic E-state index is 0.328. The molecule has 0 atom stereocenters. The Morgan fingerprint density at radius 1 is 1.07 bits per heavy atom. The summed E-state index contributed by atoms with van der Waals surface area (Å²) in [4.78, 5) is 2.41. The van der Waals surface area contributed by atoms with Gasteiger partial charge in [-0.1, -0.05) is 0 Å². The van der Waals surface area contributed by atoms with Gasteiger partial charge in [-0.15, -0.1) is 0 Å². The topological polar surface area (TPSA) is 77.7 Å². The molecule has 3 heterocycles. The summed E-state index contributed by atoms with van der Waals surface area (Å²) < 4.78 is 24.9. The van der Waals surface area contributed by atoms with Crippen LogP contribution >= 0.6 is 12.2 Å². The summed E-state index contributed by atoms with van der Waals surface area (Å²) in [5.41, 5.74) is 0. The van der Waals surface area contributed by atoms with Crippen molar-refractivity contribution in [2.75, 3.05) is 40.0 Å². The van der Waals surface area contributed by atoms with E-state index in [-0.39, 0.29) is 0 Å². The van der Waals surface area contributed by atoms with Crippen molar-refractivity contribution in [1.29, 1.82) is 0 Å². The van der Waals surface area contributed by atoms with Crippen LogP contribution in [0.5, 0.6) is 11.5 Å². The van der Waals surface area contributed by atoms with E-state index in [0.29, 0.717) is 23.0 Å².